The first kappa shape index (κ1) is 18.7. The molecule has 2 heterocycles. The molecule has 0 aliphatic heterocycles. The predicted molar refractivity (Wildman–Crippen MR) is 120 cm³/mol. The molecule has 0 atom stereocenters. The number of furan rings is 1. The largest absolute Gasteiger partial charge is 0.452 e. The van der Waals surface area contributed by atoms with Crippen LogP contribution in [0.25, 0.3) is 16.7 Å². The van der Waals surface area contributed by atoms with Crippen LogP contribution in [0.15, 0.2) is 98.8 Å². The van der Waals surface area contributed by atoms with Crippen LogP contribution in [-0.2, 0) is 0 Å². The first-order valence-corrected chi connectivity index (χ1v) is 10.8. The highest BCUT2D eigenvalue weighted by Crippen LogP contribution is 2.25. The van der Waals surface area contributed by atoms with Gasteiger partial charge in [-0.2, -0.15) is 5.10 Å². The van der Waals surface area contributed by atoms with Crippen molar-refractivity contribution in [2.24, 2.45) is 4.99 Å². The smallest absolute Gasteiger partial charge is 0.258 e. The Morgan fingerprint density at radius 3 is 2.47 bits per heavy atom. The highest BCUT2D eigenvalue weighted by atomic mass is 79.9. The van der Waals surface area contributed by atoms with Gasteiger partial charge in [0.1, 0.15) is 5.58 Å². The van der Waals surface area contributed by atoms with Crippen molar-refractivity contribution in [1.29, 1.82) is 0 Å². The van der Waals surface area contributed by atoms with Crippen molar-refractivity contribution in [2.75, 3.05) is 0 Å². The lowest BCUT2D eigenvalue weighted by atomic mass is 10.2. The topological polar surface area (TPSA) is 60.4 Å². The lowest BCUT2D eigenvalue weighted by molar-refractivity contribution is 0.101. The molecular formula is C23H14BrN3O2S. The van der Waals surface area contributed by atoms with Crippen LogP contribution in [0.1, 0.15) is 15.6 Å². The molecule has 2 aromatic heterocycles. The minimum Gasteiger partial charge on any atom is -0.452 e. The van der Waals surface area contributed by atoms with Gasteiger partial charge in [-0.05, 0) is 48.5 Å². The Morgan fingerprint density at radius 1 is 0.967 bits per heavy atom. The van der Waals surface area contributed by atoms with E-state index in [1.165, 1.54) is 11.3 Å². The molecule has 0 saturated heterocycles. The molecule has 0 aliphatic carbocycles. The van der Waals surface area contributed by atoms with Crippen molar-refractivity contribution in [3.05, 3.63) is 105 Å². The monoisotopic (exact) mass is 475 g/mol. The number of hydrogen-bond acceptors (Lipinski definition) is 5. The quantitative estimate of drug-likeness (QED) is 0.303. The predicted octanol–water partition coefficient (Wildman–Crippen LogP) is 5.91. The first-order chi connectivity index (χ1) is 14.7. The van der Waals surface area contributed by atoms with Gasteiger partial charge >= 0.3 is 0 Å². The van der Waals surface area contributed by atoms with Gasteiger partial charge in [-0.3, -0.25) is 4.79 Å². The van der Waals surface area contributed by atoms with Crippen molar-refractivity contribution >= 4 is 49.7 Å². The van der Waals surface area contributed by atoms with Gasteiger partial charge in [0, 0.05) is 9.86 Å². The minimum atomic E-state index is -0.272. The average Bonchev–Trinajstić information content (AvgIpc) is 3.38. The van der Waals surface area contributed by atoms with Gasteiger partial charge in [0.25, 0.3) is 5.78 Å². The molecule has 0 spiro atoms. The number of benzene rings is 3. The fourth-order valence-corrected chi connectivity index (χ4v) is 4.28. The molecule has 0 radical (unpaired) electrons. The number of halogens is 1. The third-order valence-corrected chi connectivity index (χ3v) is 5.84. The third kappa shape index (κ3) is 3.65. The number of ketones is 1. The first-order valence-electron chi connectivity index (χ1n) is 9.16. The maximum atomic E-state index is 13.1. The molecule has 0 amide bonds. The van der Waals surface area contributed by atoms with Crippen molar-refractivity contribution < 1.29 is 9.21 Å². The van der Waals surface area contributed by atoms with Crippen molar-refractivity contribution in [3.63, 3.8) is 0 Å². The van der Waals surface area contributed by atoms with Gasteiger partial charge in [-0.1, -0.05) is 63.7 Å². The van der Waals surface area contributed by atoms with Crippen LogP contribution < -0.4 is 4.80 Å². The van der Waals surface area contributed by atoms with Gasteiger partial charge < -0.3 is 4.42 Å². The van der Waals surface area contributed by atoms with Gasteiger partial charge in [-0.15, -0.1) is 0 Å². The normalized spacial score (nSPS) is 11.8. The van der Waals surface area contributed by atoms with Crippen LogP contribution in [-0.4, -0.2) is 15.6 Å². The molecule has 0 unspecified atom stereocenters. The molecule has 0 N–H and O–H groups in total. The molecule has 7 heteroatoms. The van der Waals surface area contributed by atoms with Crippen LogP contribution in [0.3, 0.4) is 0 Å². The van der Waals surface area contributed by atoms with Gasteiger partial charge in [0.15, 0.2) is 10.8 Å². The number of fused-ring (bicyclic) bond motifs is 1. The van der Waals surface area contributed by atoms with Crippen LogP contribution in [0.5, 0.6) is 0 Å². The molecule has 3 aromatic carbocycles. The van der Waals surface area contributed by atoms with Crippen LogP contribution in [0.2, 0.25) is 0 Å². The third-order valence-electron chi connectivity index (χ3n) is 4.44. The summed E-state index contributed by atoms with van der Waals surface area (Å²) in [6, 6.07) is 26.6. The van der Waals surface area contributed by atoms with E-state index in [4.69, 9.17) is 9.41 Å². The van der Waals surface area contributed by atoms with Crippen molar-refractivity contribution in [1.82, 2.24) is 9.78 Å². The van der Waals surface area contributed by atoms with Crippen LogP contribution >= 0.6 is 27.3 Å². The summed E-state index contributed by atoms with van der Waals surface area (Å²) in [6.45, 7) is 0. The molecule has 30 heavy (non-hydrogen) atoms. The highest BCUT2D eigenvalue weighted by Gasteiger charge is 2.20. The molecule has 0 saturated carbocycles. The van der Waals surface area contributed by atoms with E-state index in [-0.39, 0.29) is 11.5 Å². The van der Waals surface area contributed by atoms with E-state index >= 15 is 0 Å². The highest BCUT2D eigenvalue weighted by molar-refractivity contribution is 9.10. The van der Waals surface area contributed by atoms with E-state index in [1.54, 1.807) is 10.7 Å². The van der Waals surface area contributed by atoms with Crippen LogP contribution in [0, 0.1) is 0 Å². The molecular weight excluding hydrogens is 462 g/mol. The summed E-state index contributed by atoms with van der Waals surface area (Å²) in [4.78, 5) is 18.4. The zero-order valence-corrected chi connectivity index (χ0v) is 17.9. The Labute approximate surface area is 184 Å². The summed E-state index contributed by atoms with van der Waals surface area (Å²) in [7, 11) is 0. The van der Waals surface area contributed by atoms with E-state index < -0.39 is 0 Å². The fourth-order valence-electron chi connectivity index (χ4n) is 3.03. The van der Waals surface area contributed by atoms with Crippen molar-refractivity contribution in [2.45, 2.75) is 0 Å². The molecule has 0 bridgehead atoms. The molecule has 146 valence electrons. The zero-order valence-electron chi connectivity index (χ0n) is 15.5. The molecule has 0 aliphatic rings. The number of hydrogen-bond donors (Lipinski definition) is 0. The Kier molecular flexibility index (Phi) is 4.90. The van der Waals surface area contributed by atoms with E-state index in [0.717, 1.165) is 21.2 Å². The summed E-state index contributed by atoms with van der Waals surface area (Å²) >= 11 is 4.67. The Morgan fingerprint density at radius 2 is 1.70 bits per heavy atom. The molecule has 5 nitrogen and oxygen atoms in total. The minimum absolute atomic E-state index is 0.253. The maximum absolute atomic E-state index is 13.1. The summed E-state index contributed by atoms with van der Waals surface area (Å²) < 4.78 is 8.38. The lowest BCUT2D eigenvalue weighted by Crippen LogP contribution is -2.14. The second-order valence-corrected chi connectivity index (χ2v) is 8.38. The SMILES string of the molecule is O=C(c1cc2cc(Br)ccc2o1)c1nn(-c2ccccc2)c(=Nc2ccccc2)s1. The van der Waals surface area contributed by atoms with E-state index in [0.29, 0.717) is 15.4 Å². The number of carbonyl (C=O) groups is 1. The standard InChI is InChI=1S/C23H14BrN3O2S/c24-16-11-12-19-15(13-16)14-20(29-19)21(28)22-26-27(18-9-5-2-6-10-18)23(30-22)25-17-7-3-1-4-8-17/h1-14H. The molecule has 5 aromatic rings. The zero-order chi connectivity index (χ0) is 20.5. The fraction of sp³-hybridized carbons (Fsp3) is 0. The number of para-hydroxylation sites is 2. The second kappa shape index (κ2) is 7.85. The summed E-state index contributed by atoms with van der Waals surface area (Å²) in [6.07, 6.45) is 0. The van der Waals surface area contributed by atoms with E-state index in [9.17, 15) is 4.79 Å². The Bertz CT molecular complexity index is 1420. The molecule has 0 fully saturated rings. The second-order valence-electron chi connectivity index (χ2n) is 6.51. The maximum Gasteiger partial charge on any atom is 0.258 e. The van der Waals surface area contributed by atoms with Crippen LogP contribution in [0.4, 0.5) is 5.69 Å². The Hall–Kier alpha value is -3.29. The average molecular weight is 476 g/mol. The lowest BCUT2D eigenvalue weighted by Gasteiger charge is -2.00. The summed E-state index contributed by atoms with van der Waals surface area (Å²) in [5.74, 6) is -0.0187. The van der Waals surface area contributed by atoms with E-state index in [1.807, 2.05) is 78.9 Å². The van der Waals surface area contributed by atoms with Gasteiger partial charge in [-0.25, -0.2) is 9.67 Å². The number of rotatable bonds is 4. The Balaban J connectivity index is 1.63. The number of aromatic nitrogens is 2. The van der Waals surface area contributed by atoms with Gasteiger partial charge in [0.05, 0.1) is 11.4 Å². The summed E-state index contributed by atoms with van der Waals surface area (Å²) in [5.41, 5.74) is 2.28. The van der Waals surface area contributed by atoms with Gasteiger partial charge in [0.2, 0.25) is 4.80 Å². The summed E-state index contributed by atoms with van der Waals surface area (Å²) in [5, 5.41) is 5.73. The number of nitrogens with zero attached hydrogens (tertiary/aromatic N) is 3. The molecule has 5 rings (SSSR count). The van der Waals surface area contributed by atoms with Crippen molar-refractivity contribution in [3.8, 4) is 5.69 Å². The number of carbonyl (C=O) groups excluding carboxylic acids is 1. The van der Waals surface area contributed by atoms with E-state index in [2.05, 4.69) is 21.0 Å².